The molecule has 3 aromatic rings. The van der Waals surface area contributed by atoms with Gasteiger partial charge < -0.3 is 10.7 Å². The van der Waals surface area contributed by atoms with E-state index in [-0.39, 0.29) is 5.82 Å². The Morgan fingerprint density at radius 2 is 2.24 bits per heavy atom. The second-order valence-electron chi connectivity index (χ2n) is 3.88. The van der Waals surface area contributed by atoms with Crippen molar-refractivity contribution in [3.8, 4) is 10.7 Å². The van der Waals surface area contributed by atoms with E-state index < -0.39 is 0 Å². The number of aryl methyl sites for hydroxylation is 1. The zero-order chi connectivity index (χ0) is 12.0. The molecule has 0 aliphatic heterocycles. The summed E-state index contributed by atoms with van der Waals surface area (Å²) in [5, 5.41) is 0.735. The highest BCUT2D eigenvalue weighted by molar-refractivity contribution is 7.19. The van der Waals surface area contributed by atoms with Gasteiger partial charge in [0.05, 0.1) is 15.4 Å². The van der Waals surface area contributed by atoms with Crippen molar-refractivity contribution >= 4 is 27.4 Å². The third kappa shape index (κ3) is 1.59. The molecule has 2 aromatic heterocycles. The lowest BCUT2D eigenvalue weighted by atomic mass is 10.3. The van der Waals surface area contributed by atoms with Crippen molar-refractivity contribution in [3.63, 3.8) is 0 Å². The molecule has 3 nitrogen and oxygen atoms in total. The van der Waals surface area contributed by atoms with Crippen molar-refractivity contribution in [3.05, 3.63) is 35.6 Å². The first kappa shape index (κ1) is 10.3. The number of H-pyrrole nitrogens is 1. The van der Waals surface area contributed by atoms with Crippen molar-refractivity contribution in [2.75, 3.05) is 5.73 Å². The minimum Gasteiger partial charge on any atom is -0.391 e. The molecular weight excluding hydrogens is 237 g/mol. The molecule has 5 heteroatoms. The number of nitrogen functional groups attached to an aromatic ring is 1. The molecule has 0 saturated carbocycles. The molecule has 0 atom stereocenters. The summed E-state index contributed by atoms with van der Waals surface area (Å²) in [7, 11) is 0. The third-order valence-electron chi connectivity index (χ3n) is 2.62. The Morgan fingerprint density at radius 1 is 1.41 bits per heavy atom. The fourth-order valence-electron chi connectivity index (χ4n) is 1.85. The van der Waals surface area contributed by atoms with Gasteiger partial charge in [0.15, 0.2) is 5.82 Å². The number of aromatic amines is 1. The lowest BCUT2D eigenvalue weighted by molar-refractivity contribution is 0.637. The zero-order valence-electron chi connectivity index (χ0n) is 9.12. The van der Waals surface area contributed by atoms with Crippen LogP contribution in [0.15, 0.2) is 24.3 Å². The molecule has 0 bridgehead atoms. The second-order valence-corrected chi connectivity index (χ2v) is 4.97. The predicted octanol–water partition coefficient (Wildman–Crippen LogP) is 3.32. The van der Waals surface area contributed by atoms with Crippen LogP contribution in [0.1, 0.15) is 5.56 Å². The molecular formula is C12H10FN3S. The van der Waals surface area contributed by atoms with E-state index in [4.69, 9.17) is 5.73 Å². The maximum absolute atomic E-state index is 13.5. The Kier molecular flexibility index (Phi) is 2.16. The average molecular weight is 247 g/mol. The molecule has 0 fully saturated rings. The monoisotopic (exact) mass is 247 g/mol. The summed E-state index contributed by atoms with van der Waals surface area (Å²) in [6.07, 6.45) is 0. The summed E-state index contributed by atoms with van der Waals surface area (Å²) in [6, 6.07) is 6.77. The SMILES string of the molecule is Cc1cc(N)sc1-c1nc2c(F)cccc2[nH]1. The van der Waals surface area contributed by atoms with Gasteiger partial charge in [0.25, 0.3) is 0 Å². The number of hydrogen-bond acceptors (Lipinski definition) is 3. The van der Waals surface area contributed by atoms with Crippen LogP contribution in [0.2, 0.25) is 0 Å². The molecule has 0 aliphatic rings. The van der Waals surface area contributed by atoms with Gasteiger partial charge in [0.1, 0.15) is 11.3 Å². The Hall–Kier alpha value is -1.88. The number of para-hydroxylation sites is 1. The molecule has 3 N–H and O–H groups in total. The van der Waals surface area contributed by atoms with Gasteiger partial charge in [-0.05, 0) is 30.7 Å². The highest BCUT2D eigenvalue weighted by Crippen LogP contribution is 2.33. The molecule has 0 radical (unpaired) electrons. The molecule has 0 unspecified atom stereocenters. The van der Waals surface area contributed by atoms with Gasteiger partial charge in [-0.2, -0.15) is 0 Å². The summed E-state index contributed by atoms with van der Waals surface area (Å²) in [5.41, 5.74) is 7.86. The molecule has 0 amide bonds. The van der Waals surface area contributed by atoms with Crippen LogP contribution in [0.25, 0.3) is 21.7 Å². The van der Waals surface area contributed by atoms with Crippen LogP contribution in [0.4, 0.5) is 9.39 Å². The third-order valence-corrected chi connectivity index (χ3v) is 3.69. The number of aromatic nitrogens is 2. The number of benzene rings is 1. The maximum atomic E-state index is 13.5. The van der Waals surface area contributed by atoms with Crippen molar-refractivity contribution in [2.24, 2.45) is 0 Å². The summed E-state index contributed by atoms with van der Waals surface area (Å²) in [5.74, 6) is 0.358. The summed E-state index contributed by atoms with van der Waals surface area (Å²) < 4.78 is 13.5. The largest absolute Gasteiger partial charge is 0.391 e. The summed E-state index contributed by atoms with van der Waals surface area (Å²) in [4.78, 5) is 8.35. The minimum atomic E-state index is -0.313. The van der Waals surface area contributed by atoms with Crippen molar-refractivity contribution < 1.29 is 4.39 Å². The predicted molar refractivity (Wildman–Crippen MR) is 68.5 cm³/mol. The fraction of sp³-hybridized carbons (Fsp3) is 0.0833. The van der Waals surface area contributed by atoms with Crippen LogP contribution in [0, 0.1) is 12.7 Å². The van der Waals surface area contributed by atoms with Crippen molar-refractivity contribution in [1.82, 2.24) is 9.97 Å². The number of hydrogen-bond donors (Lipinski definition) is 2. The second kappa shape index (κ2) is 3.56. The molecule has 0 aliphatic carbocycles. The van der Waals surface area contributed by atoms with Crippen LogP contribution in [0.3, 0.4) is 0 Å². The van der Waals surface area contributed by atoms with E-state index in [9.17, 15) is 4.39 Å². The molecule has 0 spiro atoms. The standard InChI is InChI=1S/C12H10FN3S/c1-6-5-9(14)17-11(6)12-15-8-4-2-3-7(13)10(8)16-12/h2-5H,14H2,1H3,(H,15,16). The average Bonchev–Trinajstić information content (AvgIpc) is 2.82. The lowest BCUT2D eigenvalue weighted by Crippen LogP contribution is -1.78. The van der Waals surface area contributed by atoms with Gasteiger partial charge in [0.2, 0.25) is 0 Å². The highest BCUT2D eigenvalue weighted by Gasteiger charge is 2.12. The van der Waals surface area contributed by atoms with Gasteiger partial charge in [-0.25, -0.2) is 9.37 Å². The molecule has 86 valence electrons. The van der Waals surface area contributed by atoms with Crippen LogP contribution < -0.4 is 5.73 Å². The van der Waals surface area contributed by atoms with E-state index in [1.807, 2.05) is 13.0 Å². The minimum absolute atomic E-state index is 0.313. The number of nitrogens with zero attached hydrogens (tertiary/aromatic N) is 1. The Bertz CT molecular complexity index is 699. The van der Waals surface area contributed by atoms with Gasteiger partial charge in [-0.3, -0.25) is 0 Å². The molecule has 17 heavy (non-hydrogen) atoms. The maximum Gasteiger partial charge on any atom is 0.151 e. The van der Waals surface area contributed by atoms with E-state index in [2.05, 4.69) is 9.97 Å². The highest BCUT2D eigenvalue weighted by atomic mass is 32.1. The van der Waals surface area contributed by atoms with E-state index in [0.717, 1.165) is 15.4 Å². The molecule has 3 rings (SSSR count). The first-order valence-electron chi connectivity index (χ1n) is 5.15. The van der Waals surface area contributed by atoms with Crippen molar-refractivity contribution in [1.29, 1.82) is 0 Å². The van der Waals surface area contributed by atoms with Crippen LogP contribution in [0.5, 0.6) is 0 Å². The first-order valence-corrected chi connectivity index (χ1v) is 5.97. The zero-order valence-corrected chi connectivity index (χ0v) is 9.94. The number of nitrogens with one attached hydrogen (secondary N) is 1. The Morgan fingerprint density at radius 3 is 2.88 bits per heavy atom. The normalized spacial score (nSPS) is 11.2. The topological polar surface area (TPSA) is 54.7 Å². The number of fused-ring (bicyclic) bond motifs is 1. The lowest BCUT2D eigenvalue weighted by Gasteiger charge is -1.91. The number of nitrogens with two attached hydrogens (primary N) is 1. The van der Waals surface area contributed by atoms with Crippen LogP contribution >= 0.6 is 11.3 Å². The van der Waals surface area contributed by atoms with Crippen LogP contribution in [-0.2, 0) is 0 Å². The quantitative estimate of drug-likeness (QED) is 0.693. The summed E-state index contributed by atoms with van der Waals surface area (Å²) >= 11 is 1.45. The van der Waals surface area contributed by atoms with E-state index in [0.29, 0.717) is 16.9 Å². The van der Waals surface area contributed by atoms with Crippen LogP contribution in [-0.4, -0.2) is 9.97 Å². The molecule has 2 heterocycles. The van der Waals surface area contributed by atoms with E-state index in [1.165, 1.54) is 17.4 Å². The molecule has 0 saturated heterocycles. The van der Waals surface area contributed by atoms with Gasteiger partial charge >= 0.3 is 0 Å². The number of anilines is 1. The van der Waals surface area contributed by atoms with E-state index >= 15 is 0 Å². The summed E-state index contributed by atoms with van der Waals surface area (Å²) in [6.45, 7) is 1.96. The number of thiophene rings is 1. The number of rotatable bonds is 1. The van der Waals surface area contributed by atoms with Crippen molar-refractivity contribution in [2.45, 2.75) is 6.92 Å². The fourth-order valence-corrected chi connectivity index (χ4v) is 2.73. The smallest absolute Gasteiger partial charge is 0.151 e. The first-order chi connectivity index (χ1) is 8.15. The molecule has 1 aromatic carbocycles. The van der Waals surface area contributed by atoms with Gasteiger partial charge in [0, 0.05) is 0 Å². The number of halogens is 1. The van der Waals surface area contributed by atoms with E-state index in [1.54, 1.807) is 12.1 Å². The number of imidazole rings is 1. The Labute approximate surface area is 101 Å². The Balaban J connectivity index is 2.25. The van der Waals surface area contributed by atoms with Gasteiger partial charge in [-0.1, -0.05) is 6.07 Å². The van der Waals surface area contributed by atoms with Gasteiger partial charge in [-0.15, -0.1) is 11.3 Å².